The molecular weight excluding hydrogens is 247 g/mol. The molecule has 6 heteroatoms. The molecule has 0 aliphatic heterocycles. The third-order valence-corrected chi connectivity index (χ3v) is 2.70. The summed E-state index contributed by atoms with van der Waals surface area (Å²) < 4.78 is 13.6. The molecule has 0 fully saturated rings. The van der Waals surface area contributed by atoms with Crippen molar-refractivity contribution in [2.45, 2.75) is 13.5 Å². The molecule has 0 saturated heterocycles. The number of amides is 1. The van der Waals surface area contributed by atoms with E-state index in [1.54, 1.807) is 6.20 Å². The number of anilines is 1. The fourth-order valence-electron chi connectivity index (χ4n) is 1.60. The maximum absolute atomic E-state index is 13.6. The van der Waals surface area contributed by atoms with Gasteiger partial charge in [0.05, 0.1) is 17.8 Å². The molecule has 0 saturated carbocycles. The number of nitrogen functional groups attached to an aromatic ring is 1. The zero-order chi connectivity index (χ0) is 13.8. The average molecular weight is 260 g/mol. The summed E-state index contributed by atoms with van der Waals surface area (Å²) in [5, 5.41) is 2.60. The maximum atomic E-state index is 13.6. The van der Waals surface area contributed by atoms with E-state index < -0.39 is 11.7 Å². The van der Waals surface area contributed by atoms with Gasteiger partial charge in [0.15, 0.2) is 11.6 Å². The van der Waals surface area contributed by atoms with Crippen molar-refractivity contribution < 1.29 is 9.18 Å². The Morgan fingerprint density at radius 2 is 2.16 bits per heavy atom. The third kappa shape index (κ3) is 2.85. The fourth-order valence-corrected chi connectivity index (χ4v) is 1.60. The average Bonchev–Trinajstić information content (AvgIpc) is 2.40. The Bertz CT molecular complexity index is 615. The molecule has 19 heavy (non-hydrogen) atoms. The van der Waals surface area contributed by atoms with Crippen LogP contribution in [0.2, 0.25) is 0 Å². The largest absolute Gasteiger partial charge is 0.381 e. The van der Waals surface area contributed by atoms with Gasteiger partial charge in [0.2, 0.25) is 0 Å². The predicted octanol–water partition coefficient (Wildman–Crippen LogP) is 1.44. The van der Waals surface area contributed by atoms with Crippen molar-refractivity contribution in [2.75, 3.05) is 5.73 Å². The van der Waals surface area contributed by atoms with Gasteiger partial charge in [0.25, 0.3) is 5.91 Å². The highest BCUT2D eigenvalue weighted by Crippen LogP contribution is 2.12. The summed E-state index contributed by atoms with van der Waals surface area (Å²) in [5.41, 5.74) is 6.88. The summed E-state index contributed by atoms with van der Waals surface area (Å²) in [6.07, 6.45) is 2.93. The number of nitrogens with two attached hydrogens (primary N) is 1. The molecule has 0 atom stereocenters. The topological polar surface area (TPSA) is 80.9 Å². The molecule has 0 aliphatic rings. The molecule has 2 heterocycles. The minimum Gasteiger partial charge on any atom is -0.381 e. The first-order valence-electron chi connectivity index (χ1n) is 5.68. The van der Waals surface area contributed by atoms with Gasteiger partial charge in [-0.3, -0.25) is 9.78 Å². The monoisotopic (exact) mass is 260 g/mol. The van der Waals surface area contributed by atoms with Gasteiger partial charge in [-0.15, -0.1) is 0 Å². The lowest BCUT2D eigenvalue weighted by molar-refractivity contribution is 0.0946. The SMILES string of the molecule is Cc1cccnc1CNC(=O)c1ccnc(N)c1F. The lowest BCUT2D eigenvalue weighted by Gasteiger charge is -2.08. The number of rotatable bonds is 3. The van der Waals surface area contributed by atoms with E-state index >= 15 is 0 Å². The summed E-state index contributed by atoms with van der Waals surface area (Å²) in [4.78, 5) is 19.5. The summed E-state index contributed by atoms with van der Waals surface area (Å²) in [6.45, 7) is 2.12. The van der Waals surface area contributed by atoms with Gasteiger partial charge in [-0.25, -0.2) is 9.37 Å². The van der Waals surface area contributed by atoms with E-state index in [0.29, 0.717) is 0 Å². The van der Waals surface area contributed by atoms with Gasteiger partial charge in [-0.1, -0.05) is 6.07 Å². The van der Waals surface area contributed by atoms with Crippen molar-refractivity contribution >= 4 is 11.7 Å². The van der Waals surface area contributed by atoms with Crippen LogP contribution in [-0.4, -0.2) is 15.9 Å². The summed E-state index contributed by atoms with van der Waals surface area (Å²) in [5.74, 6) is -1.64. The van der Waals surface area contributed by atoms with Crippen molar-refractivity contribution in [3.05, 3.63) is 53.2 Å². The Morgan fingerprint density at radius 3 is 2.89 bits per heavy atom. The molecule has 0 spiro atoms. The Kier molecular flexibility index (Phi) is 3.70. The number of halogens is 1. The van der Waals surface area contributed by atoms with Crippen LogP contribution in [0.4, 0.5) is 10.2 Å². The lowest BCUT2D eigenvalue weighted by atomic mass is 10.2. The van der Waals surface area contributed by atoms with Crippen molar-refractivity contribution in [2.24, 2.45) is 0 Å². The van der Waals surface area contributed by atoms with Crippen LogP contribution >= 0.6 is 0 Å². The van der Waals surface area contributed by atoms with Gasteiger partial charge in [-0.05, 0) is 24.6 Å². The number of hydrogen-bond acceptors (Lipinski definition) is 4. The van der Waals surface area contributed by atoms with Gasteiger partial charge in [0.1, 0.15) is 0 Å². The number of aromatic nitrogens is 2. The first-order chi connectivity index (χ1) is 9.09. The smallest absolute Gasteiger partial charge is 0.254 e. The highest BCUT2D eigenvalue weighted by Gasteiger charge is 2.14. The van der Waals surface area contributed by atoms with E-state index in [1.807, 2.05) is 19.1 Å². The van der Waals surface area contributed by atoms with Crippen molar-refractivity contribution in [3.63, 3.8) is 0 Å². The molecule has 1 amide bonds. The zero-order valence-corrected chi connectivity index (χ0v) is 10.4. The van der Waals surface area contributed by atoms with Crippen LogP contribution in [0.25, 0.3) is 0 Å². The molecular formula is C13H13FN4O. The maximum Gasteiger partial charge on any atom is 0.254 e. The molecule has 0 aromatic carbocycles. The van der Waals surface area contributed by atoms with E-state index in [4.69, 9.17) is 5.73 Å². The Morgan fingerprint density at radius 1 is 1.37 bits per heavy atom. The number of pyridine rings is 2. The Hall–Kier alpha value is -2.50. The molecule has 0 unspecified atom stereocenters. The summed E-state index contributed by atoms with van der Waals surface area (Å²) in [7, 11) is 0. The number of nitrogens with one attached hydrogen (secondary N) is 1. The predicted molar refractivity (Wildman–Crippen MR) is 68.8 cm³/mol. The normalized spacial score (nSPS) is 10.2. The third-order valence-electron chi connectivity index (χ3n) is 2.70. The van der Waals surface area contributed by atoms with Crippen LogP contribution in [0, 0.1) is 12.7 Å². The molecule has 3 N–H and O–H groups in total. The highest BCUT2D eigenvalue weighted by atomic mass is 19.1. The molecule has 0 aliphatic carbocycles. The van der Waals surface area contributed by atoms with Crippen molar-refractivity contribution in [1.29, 1.82) is 0 Å². The van der Waals surface area contributed by atoms with E-state index in [1.165, 1.54) is 12.3 Å². The first kappa shape index (κ1) is 12.9. The number of aryl methyl sites for hydroxylation is 1. The minimum atomic E-state index is -0.808. The fraction of sp³-hybridized carbons (Fsp3) is 0.154. The molecule has 0 bridgehead atoms. The molecule has 98 valence electrons. The van der Waals surface area contributed by atoms with Crippen molar-refractivity contribution in [3.8, 4) is 0 Å². The Labute approximate surface area is 109 Å². The number of hydrogen-bond donors (Lipinski definition) is 2. The van der Waals surface area contributed by atoms with Crippen LogP contribution in [0.3, 0.4) is 0 Å². The van der Waals surface area contributed by atoms with Gasteiger partial charge in [-0.2, -0.15) is 0 Å². The minimum absolute atomic E-state index is 0.124. The van der Waals surface area contributed by atoms with E-state index in [0.717, 1.165) is 11.3 Å². The quantitative estimate of drug-likeness (QED) is 0.875. The lowest BCUT2D eigenvalue weighted by Crippen LogP contribution is -2.25. The second kappa shape index (κ2) is 5.43. The number of nitrogens with zero attached hydrogens (tertiary/aromatic N) is 2. The summed E-state index contributed by atoms with van der Waals surface area (Å²) >= 11 is 0. The zero-order valence-electron chi connectivity index (χ0n) is 10.4. The second-order valence-electron chi connectivity index (χ2n) is 4.01. The van der Waals surface area contributed by atoms with Gasteiger partial charge in [0, 0.05) is 12.4 Å². The standard InChI is InChI=1S/C13H13FN4O/c1-8-3-2-5-16-10(8)7-18-13(19)9-4-6-17-12(15)11(9)14/h2-6H,7H2,1H3,(H2,15,17)(H,18,19). The number of carbonyl (C=O) groups excluding carboxylic acids is 1. The Balaban J connectivity index is 2.10. The highest BCUT2D eigenvalue weighted by molar-refractivity contribution is 5.95. The van der Waals surface area contributed by atoms with Crippen molar-refractivity contribution in [1.82, 2.24) is 15.3 Å². The van der Waals surface area contributed by atoms with Crippen LogP contribution < -0.4 is 11.1 Å². The molecule has 5 nitrogen and oxygen atoms in total. The second-order valence-corrected chi connectivity index (χ2v) is 4.01. The summed E-state index contributed by atoms with van der Waals surface area (Å²) in [6, 6.07) is 4.98. The molecule has 2 rings (SSSR count). The van der Waals surface area contributed by atoms with E-state index in [9.17, 15) is 9.18 Å². The first-order valence-corrected chi connectivity index (χ1v) is 5.68. The molecule has 0 radical (unpaired) electrons. The van der Waals surface area contributed by atoms with Crippen LogP contribution in [0.5, 0.6) is 0 Å². The van der Waals surface area contributed by atoms with E-state index in [-0.39, 0.29) is 17.9 Å². The molecule has 2 aromatic rings. The number of carbonyl (C=O) groups is 1. The molecule has 2 aromatic heterocycles. The van der Waals surface area contributed by atoms with Crippen LogP contribution in [0.15, 0.2) is 30.6 Å². The van der Waals surface area contributed by atoms with Crippen LogP contribution in [-0.2, 0) is 6.54 Å². The van der Waals surface area contributed by atoms with Gasteiger partial charge < -0.3 is 11.1 Å². The van der Waals surface area contributed by atoms with Crippen LogP contribution in [0.1, 0.15) is 21.6 Å². The van der Waals surface area contributed by atoms with E-state index in [2.05, 4.69) is 15.3 Å². The van der Waals surface area contributed by atoms with Gasteiger partial charge >= 0.3 is 0 Å².